The molecule has 0 bridgehead atoms. The van der Waals surface area contributed by atoms with Crippen molar-refractivity contribution in [3.63, 3.8) is 0 Å². The Hall–Kier alpha value is -1.23. The summed E-state index contributed by atoms with van der Waals surface area (Å²) >= 11 is 15.2. The number of nitrogens with two attached hydrogens (primary N) is 1. The van der Waals surface area contributed by atoms with Gasteiger partial charge in [-0.2, -0.15) is 0 Å². The van der Waals surface area contributed by atoms with Crippen molar-refractivity contribution in [2.75, 3.05) is 12.8 Å². The summed E-state index contributed by atoms with van der Waals surface area (Å²) in [5.74, 6) is -0.125. The second-order valence-electron chi connectivity index (χ2n) is 4.62. The Bertz CT molecular complexity index is 691. The van der Waals surface area contributed by atoms with Gasteiger partial charge in [0.2, 0.25) is 0 Å². The van der Waals surface area contributed by atoms with Crippen molar-refractivity contribution in [1.29, 1.82) is 0 Å². The number of hydrogen-bond donors (Lipinski definition) is 1. The van der Waals surface area contributed by atoms with Crippen LogP contribution in [0.4, 0.5) is 5.69 Å². The molecule has 2 aromatic rings. The molecule has 21 heavy (non-hydrogen) atoms. The van der Waals surface area contributed by atoms with E-state index in [-0.39, 0.29) is 5.91 Å². The second-order valence-corrected chi connectivity index (χ2v) is 6.23. The molecular formula is C15H13BrCl2N2O. The Balaban J connectivity index is 2.19. The molecule has 0 fully saturated rings. The number of nitrogen functional groups attached to an aromatic ring is 1. The van der Waals surface area contributed by atoms with E-state index in [4.69, 9.17) is 28.9 Å². The number of nitrogens with zero attached hydrogens (tertiary/aromatic N) is 1. The number of amides is 1. The van der Waals surface area contributed by atoms with Crippen molar-refractivity contribution in [2.24, 2.45) is 0 Å². The van der Waals surface area contributed by atoms with Gasteiger partial charge in [-0.3, -0.25) is 4.79 Å². The Kier molecular flexibility index (Phi) is 5.14. The maximum absolute atomic E-state index is 12.5. The number of benzene rings is 2. The number of rotatable bonds is 3. The first-order valence-electron chi connectivity index (χ1n) is 6.13. The molecule has 0 spiro atoms. The molecule has 6 heteroatoms. The van der Waals surface area contributed by atoms with E-state index in [0.29, 0.717) is 32.3 Å². The third-order valence-corrected chi connectivity index (χ3v) is 4.63. The van der Waals surface area contributed by atoms with Gasteiger partial charge < -0.3 is 10.6 Å². The van der Waals surface area contributed by atoms with Gasteiger partial charge in [0.1, 0.15) is 0 Å². The van der Waals surface area contributed by atoms with Crippen molar-refractivity contribution >= 4 is 50.7 Å². The highest BCUT2D eigenvalue weighted by molar-refractivity contribution is 9.10. The Labute approximate surface area is 141 Å². The largest absolute Gasteiger partial charge is 0.398 e. The third kappa shape index (κ3) is 3.70. The maximum atomic E-state index is 12.5. The third-order valence-electron chi connectivity index (χ3n) is 3.01. The first-order valence-corrected chi connectivity index (χ1v) is 7.68. The lowest BCUT2D eigenvalue weighted by atomic mass is 10.1. The molecule has 0 saturated heterocycles. The van der Waals surface area contributed by atoms with Crippen LogP contribution in [0.1, 0.15) is 15.9 Å². The lowest BCUT2D eigenvalue weighted by Gasteiger charge is -2.19. The molecule has 0 aliphatic rings. The summed E-state index contributed by atoms with van der Waals surface area (Å²) in [6.07, 6.45) is 0. The predicted molar refractivity (Wildman–Crippen MR) is 90.8 cm³/mol. The summed E-state index contributed by atoms with van der Waals surface area (Å²) < 4.78 is 0.607. The molecule has 0 aromatic heterocycles. The number of carbonyl (C=O) groups is 1. The van der Waals surface area contributed by atoms with Gasteiger partial charge in [-0.15, -0.1) is 0 Å². The summed E-state index contributed by atoms with van der Waals surface area (Å²) in [5, 5.41) is 0.966. The highest BCUT2D eigenvalue weighted by atomic mass is 79.9. The molecule has 2 N–H and O–H groups in total. The van der Waals surface area contributed by atoms with Crippen molar-refractivity contribution in [3.05, 3.63) is 62.0 Å². The van der Waals surface area contributed by atoms with Gasteiger partial charge >= 0.3 is 0 Å². The van der Waals surface area contributed by atoms with Crippen LogP contribution in [-0.4, -0.2) is 17.9 Å². The Morgan fingerprint density at radius 1 is 1.24 bits per heavy atom. The normalized spacial score (nSPS) is 10.5. The summed E-state index contributed by atoms with van der Waals surface area (Å²) in [5.41, 5.74) is 7.76. The molecule has 0 aliphatic heterocycles. The molecule has 0 aliphatic carbocycles. The maximum Gasteiger partial charge on any atom is 0.255 e. The topological polar surface area (TPSA) is 46.3 Å². The molecule has 0 radical (unpaired) electrons. The standard InChI is InChI=1S/C15H13BrCl2N2O/c1-20(8-9-5-6-11(17)12(18)7-9)15(21)10-3-2-4-13(19)14(10)16/h2-7H,8,19H2,1H3. The van der Waals surface area contributed by atoms with E-state index in [1.54, 1.807) is 42.3 Å². The zero-order valence-electron chi connectivity index (χ0n) is 11.2. The molecule has 110 valence electrons. The molecule has 2 aromatic carbocycles. The van der Waals surface area contributed by atoms with Gasteiger partial charge in [0.05, 0.1) is 20.1 Å². The Morgan fingerprint density at radius 2 is 1.95 bits per heavy atom. The van der Waals surface area contributed by atoms with E-state index in [9.17, 15) is 4.79 Å². The molecule has 0 atom stereocenters. The molecule has 1 amide bonds. The van der Waals surface area contributed by atoms with Gasteiger partial charge in [-0.1, -0.05) is 35.3 Å². The minimum absolute atomic E-state index is 0.125. The van der Waals surface area contributed by atoms with Crippen molar-refractivity contribution in [3.8, 4) is 0 Å². The van der Waals surface area contributed by atoms with Crippen LogP contribution in [-0.2, 0) is 6.54 Å². The zero-order chi connectivity index (χ0) is 15.6. The molecule has 2 rings (SSSR count). The van der Waals surface area contributed by atoms with Crippen LogP contribution in [0.15, 0.2) is 40.9 Å². The van der Waals surface area contributed by atoms with Crippen molar-refractivity contribution in [2.45, 2.75) is 6.54 Å². The minimum Gasteiger partial charge on any atom is -0.398 e. The van der Waals surface area contributed by atoms with E-state index in [2.05, 4.69) is 15.9 Å². The van der Waals surface area contributed by atoms with Gasteiger partial charge in [0.25, 0.3) is 5.91 Å². The van der Waals surface area contributed by atoms with Gasteiger partial charge in [-0.25, -0.2) is 0 Å². The second kappa shape index (κ2) is 6.69. The number of anilines is 1. The van der Waals surface area contributed by atoms with E-state index in [0.717, 1.165) is 5.56 Å². The summed E-state index contributed by atoms with van der Waals surface area (Å²) in [6, 6.07) is 10.5. The first-order chi connectivity index (χ1) is 9.90. The van der Waals surface area contributed by atoms with Crippen LogP contribution < -0.4 is 5.73 Å². The van der Waals surface area contributed by atoms with Crippen LogP contribution in [0.3, 0.4) is 0 Å². The fraction of sp³-hybridized carbons (Fsp3) is 0.133. The Morgan fingerprint density at radius 3 is 2.62 bits per heavy atom. The van der Waals surface area contributed by atoms with Gasteiger partial charge in [-0.05, 0) is 45.8 Å². The quantitative estimate of drug-likeness (QED) is 0.781. The average molecular weight is 388 g/mol. The predicted octanol–water partition coefficient (Wildman–Crippen LogP) is 4.61. The summed E-state index contributed by atoms with van der Waals surface area (Å²) in [6.45, 7) is 0.428. The molecule has 0 heterocycles. The number of halogens is 3. The van der Waals surface area contributed by atoms with E-state index < -0.39 is 0 Å². The van der Waals surface area contributed by atoms with Crippen LogP contribution in [0.2, 0.25) is 10.0 Å². The number of carbonyl (C=O) groups excluding carboxylic acids is 1. The zero-order valence-corrected chi connectivity index (χ0v) is 14.3. The average Bonchev–Trinajstić information content (AvgIpc) is 2.45. The molecular weight excluding hydrogens is 375 g/mol. The SMILES string of the molecule is CN(Cc1ccc(Cl)c(Cl)c1)C(=O)c1cccc(N)c1Br. The van der Waals surface area contributed by atoms with Gasteiger partial charge in [0, 0.05) is 19.3 Å². The van der Waals surface area contributed by atoms with Crippen molar-refractivity contribution < 1.29 is 4.79 Å². The van der Waals surface area contributed by atoms with Crippen LogP contribution >= 0.6 is 39.1 Å². The minimum atomic E-state index is -0.125. The van der Waals surface area contributed by atoms with Crippen molar-refractivity contribution in [1.82, 2.24) is 4.90 Å². The van der Waals surface area contributed by atoms with Crippen LogP contribution in [0.25, 0.3) is 0 Å². The van der Waals surface area contributed by atoms with Crippen LogP contribution in [0, 0.1) is 0 Å². The van der Waals surface area contributed by atoms with Gasteiger partial charge in [0.15, 0.2) is 0 Å². The monoisotopic (exact) mass is 386 g/mol. The van der Waals surface area contributed by atoms with E-state index in [1.165, 1.54) is 0 Å². The number of hydrogen-bond acceptors (Lipinski definition) is 2. The first kappa shape index (κ1) is 16.1. The summed E-state index contributed by atoms with van der Waals surface area (Å²) in [7, 11) is 1.72. The van der Waals surface area contributed by atoms with E-state index >= 15 is 0 Å². The smallest absolute Gasteiger partial charge is 0.255 e. The summed E-state index contributed by atoms with van der Waals surface area (Å²) in [4.78, 5) is 14.1. The van der Waals surface area contributed by atoms with E-state index in [1.807, 2.05) is 6.07 Å². The lowest BCUT2D eigenvalue weighted by Crippen LogP contribution is -2.26. The molecule has 3 nitrogen and oxygen atoms in total. The molecule has 0 saturated carbocycles. The lowest BCUT2D eigenvalue weighted by molar-refractivity contribution is 0.0784. The highest BCUT2D eigenvalue weighted by Crippen LogP contribution is 2.26. The highest BCUT2D eigenvalue weighted by Gasteiger charge is 2.16. The van der Waals surface area contributed by atoms with Crippen LogP contribution in [0.5, 0.6) is 0 Å². The fourth-order valence-electron chi connectivity index (χ4n) is 1.90. The molecule has 0 unspecified atom stereocenters. The fourth-order valence-corrected chi connectivity index (χ4v) is 2.66.